The zero-order chi connectivity index (χ0) is 22.6. The highest BCUT2D eigenvalue weighted by atomic mass is 16.7. The van der Waals surface area contributed by atoms with Gasteiger partial charge < -0.3 is 20.3 Å². The number of carbonyl (C=O) groups excluding carboxylic acids is 1. The van der Waals surface area contributed by atoms with Crippen LogP contribution in [-0.4, -0.2) is 52.5 Å². The summed E-state index contributed by atoms with van der Waals surface area (Å²) in [5.74, 6) is -0.528. The van der Waals surface area contributed by atoms with Crippen molar-refractivity contribution in [3.8, 4) is 23.3 Å². The number of amides is 1. The lowest BCUT2D eigenvalue weighted by Gasteiger charge is -2.21. The number of benzene rings is 1. The third kappa shape index (κ3) is 4.96. The van der Waals surface area contributed by atoms with Crippen LogP contribution >= 0.6 is 0 Å². The molecule has 2 aromatic rings. The number of nitriles is 1. The summed E-state index contributed by atoms with van der Waals surface area (Å²) in [5.41, 5.74) is 8.46. The zero-order valence-corrected chi connectivity index (χ0v) is 17.5. The number of aliphatic hydroxyl groups is 1. The Morgan fingerprint density at radius 1 is 1.38 bits per heavy atom. The summed E-state index contributed by atoms with van der Waals surface area (Å²) in [7, 11) is 0. The van der Waals surface area contributed by atoms with Crippen LogP contribution in [-0.2, 0) is 9.57 Å². The minimum absolute atomic E-state index is 0.00559. The van der Waals surface area contributed by atoms with Gasteiger partial charge in [-0.1, -0.05) is 25.0 Å². The molecule has 0 radical (unpaired) electrons. The number of carbonyl (C=O) groups is 1. The third-order valence-electron chi connectivity index (χ3n) is 5.59. The molecule has 4 rings (SSSR count). The molecule has 1 atom stereocenters. The normalized spacial score (nSPS) is 19.4. The molecule has 0 unspecified atom stereocenters. The van der Waals surface area contributed by atoms with E-state index >= 15 is 0 Å². The number of rotatable bonds is 7. The number of nitrogen functional groups attached to an aromatic ring is 1. The van der Waals surface area contributed by atoms with Gasteiger partial charge in [-0.3, -0.25) is 9.63 Å². The first-order valence-corrected chi connectivity index (χ1v) is 10.5. The lowest BCUT2D eigenvalue weighted by atomic mass is 10.1. The van der Waals surface area contributed by atoms with Gasteiger partial charge in [-0.2, -0.15) is 10.2 Å². The highest BCUT2D eigenvalue weighted by Crippen LogP contribution is 2.30. The molecule has 2 heterocycles. The van der Waals surface area contributed by atoms with Crippen molar-refractivity contribution in [2.75, 3.05) is 25.6 Å². The molecule has 4 N–H and O–H groups in total. The van der Waals surface area contributed by atoms with Gasteiger partial charge >= 0.3 is 0 Å². The molecule has 1 amide bonds. The monoisotopic (exact) mass is 439 g/mol. The average molecular weight is 439 g/mol. The minimum Gasteiger partial charge on any atom is -0.471 e. The quantitative estimate of drug-likeness (QED) is 0.547. The second-order valence-corrected chi connectivity index (χ2v) is 8.06. The first-order chi connectivity index (χ1) is 15.5. The number of hydrogen-bond acceptors (Lipinski definition) is 9. The number of nitrogens with one attached hydrogen (secondary N) is 1. The molecule has 2 fully saturated rings. The summed E-state index contributed by atoms with van der Waals surface area (Å²) < 4.78 is 11.3. The van der Waals surface area contributed by atoms with E-state index in [0.29, 0.717) is 43.6 Å². The largest absolute Gasteiger partial charge is 0.471 e. The molecule has 10 heteroatoms. The minimum atomic E-state index is -0.939. The Morgan fingerprint density at radius 3 is 2.91 bits per heavy atom. The van der Waals surface area contributed by atoms with E-state index in [0.717, 1.165) is 12.8 Å². The molecule has 1 saturated carbocycles. The molecular weight excluding hydrogens is 414 g/mol. The van der Waals surface area contributed by atoms with E-state index in [9.17, 15) is 9.90 Å². The fraction of sp³-hybridized carbons (Fsp3) is 0.455. The van der Waals surface area contributed by atoms with Gasteiger partial charge in [0.1, 0.15) is 24.1 Å². The van der Waals surface area contributed by atoms with Crippen LogP contribution in [0.1, 0.15) is 48.0 Å². The summed E-state index contributed by atoms with van der Waals surface area (Å²) in [6, 6.07) is 8.81. The molecule has 1 aliphatic heterocycles. The highest BCUT2D eigenvalue weighted by molar-refractivity contribution is 6.00. The molecule has 1 aliphatic carbocycles. The van der Waals surface area contributed by atoms with Gasteiger partial charge in [0.05, 0.1) is 30.4 Å². The molecule has 32 heavy (non-hydrogen) atoms. The number of nitrogens with zero attached hydrogens (tertiary/aromatic N) is 3. The Balaban J connectivity index is 1.59. The van der Waals surface area contributed by atoms with Crippen molar-refractivity contribution in [2.24, 2.45) is 0 Å². The van der Waals surface area contributed by atoms with Crippen molar-refractivity contribution in [3.63, 3.8) is 0 Å². The highest BCUT2D eigenvalue weighted by Gasteiger charge is 2.32. The first kappa shape index (κ1) is 22.0. The van der Waals surface area contributed by atoms with Crippen LogP contribution < -0.4 is 16.0 Å². The standard InChI is InChI=1S/C22H25N5O5/c23-11-14-4-3-5-15(10-14)19-25-18(24)17(21(26-19)32-16-6-9-30-12-16)20(28)27-31-13-22(29)7-1-2-8-22/h3-5,10,16,29H,1-2,6-9,12-13H2,(H,27,28)(H2,24,25,26)/t16-/m0/s1. The molecular formula is C22H25N5O5. The van der Waals surface area contributed by atoms with Crippen molar-refractivity contribution in [1.82, 2.24) is 15.4 Å². The average Bonchev–Trinajstić information content (AvgIpc) is 3.45. The van der Waals surface area contributed by atoms with Crippen LogP contribution in [0.3, 0.4) is 0 Å². The number of hydroxylamine groups is 1. The number of nitrogens with two attached hydrogens (primary N) is 1. The molecule has 10 nitrogen and oxygen atoms in total. The van der Waals surface area contributed by atoms with Gasteiger partial charge in [0.15, 0.2) is 5.82 Å². The number of aromatic nitrogens is 2. The zero-order valence-electron chi connectivity index (χ0n) is 17.5. The van der Waals surface area contributed by atoms with Crippen molar-refractivity contribution < 1.29 is 24.2 Å². The molecule has 1 aromatic carbocycles. The number of ether oxygens (including phenoxy) is 2. The van der Waals surface area contributed by atoms with Crippen LogP contribution in [0, 0.1) is 11.3 Å². The van der Waals surface area contributed by atoms with Crippen LogP contribution in [0.4, 0.5) is 5.82 Å². The summed E-state index contributed by atoms with van der Waals surface area (Å²) in [6.45, 7) is 0.893. The van der Waals surface area contributed by atoms with Gasteiger partial charge in [-0.25, -0.2) is 10.5 Å². The fourth-order valence-corrected chi connectivity index (χ4v) is 3.84. The predicted molar refractivity (Wildman–Crippen MR) is 113 cm³/mol. The third-order valence-corrected chi connectivity index (χ3v) is 5.59. The maximum Gasteiger partial charge on any atom is 0.284 e. The van der Waals surface area contributed by atoms with Gasteiger partial charge in [0.25, 0.3) is 5.91 Å². The Morgan fingerprint density at radius 2 is 2.19 bits per heavy atom. The summed E-state index contributed by atoms with van der Waals surface area (Å²) in [4.78, 5) is 26.8. The van der Waals surface area contributed by atoms with E-state index in [1.807, 2.05) is 0 Å². The van der Waals surface area contributed by atoms with Gasteiger partial charge in [-0.15, -0.1) is 0 Å². The Bertz CT molecular complexity index is 1030. The Labute approximate surface area is 185 Å². The van der Waals surface area contributed by atoms with Crippen LogP contribution in [0.15, 0.2) is 24.3 Å². The molecule has 168 valence electrons. The van der Waals surface area contributed by atoms with Crippen LogP contribution in [0.5, 0.6) is 5.88 Å². The smallest absolute Gasteiger partial charge is 0.284 e. The lowest BCUT2D eigenvalue weighted by Crippen LogP contribution is -2.36. The number of anilines is 1. The molecule has 1 aromatic heterocycles. The molecule has 1 saturated heterocycles. The molecule has 0 spiro atoms. The van der Waals surface area contributed by atoms with E-state index in [4.69, 9.17) is 25.3 Å². The first-order valence-electron chi connectivity index (χ1n) is 10.5. The summed E-state index contributed by atoms with van der Waals surface area (Å²) >= 11 is 0. The summed E-state index contributed by atoms with van der Waals surface area (Å²) in [6.07, 6.45) is 3.46. The Hall–Kier alpha value is -3.26. The lowest BCUT2D eigenvalue weighted by molar-refractivity contribution is -0.0681. The maximum absolute atomic E-state index is 12.9. The second kappa shape index (κ2) is 9.48. The van der Waals surface area contributed by atoms with Crippen LogP contribution in [0.2, 0.25) is 0 Å². The predicted octanol–water partition coefficient (Wildman–Crippen LogP) is 1.73. The van der Waals surface area contributed by atoms with E-state index in [2.05, 4.69) is 21.5 Å². The Kier molecular flexibility index (Phi) is 6.50. The fourth-order valence-electron chi connectivity index (χ4n) is 3.84. The topological polar surface area (TPSA) is 153 Å². The van der Waals surface area contributed by atoms with Crippen molar-refractivity contribution in [3.05, 3.63) is 35.4 Å². The molecule has 0 bridgehead atoms. The van der Waals surface area contributed by atoms with Gasteiger partial charge in [0.2, 0.25) is 5.88 Å². The number of hydrogen-bond donors (Lipinski definition) is 3. The van der Waals surface area contributed by atoms with Gasteiger partial charge in [0, 0.05) is 12.0 Å². The van der Waals surface area contributed by atoms with E-state index in [-0.39, 0.29) is 35.8 Å². The van der Waals surface area contributed by atoms with Crippen molar-refractivity contribution in [2.45, 2.75) is 43.8 Å². The molecule has 2 aliphatic rings. The van der Waals surface area contributed by atoms with E-state index < -0.39 is 11.5 Å². The van der Waals surface area contributed by atoms with E-state index in [1.165, 1.54) is 0 Å². The SMILES string of the molecule is N#Cc1cccc(-c2nc(N)c(C(=O)NOCC3(O)CCCC3)c(O[C@H]3CCOC3)n2)c1. The van der Waals surface area contributed by atoms with Gasteiger partial charge in [-0.05, 0) is 25.0 Å². The van der Waals surface area contributed by atoms with Crippen LogP contribution in [0.25, 0.3) is 11.4 Å². The maximum atomic E-state index is 12.9. The summed E-state index contributed by atoms with van der Waals surface area (Å²) in [5, 5.41) is 19.6. The van der Waals surface area contributed by atoms with Crippen molar-refractivity contribution in [1.29, 1.82) is 5.26 Å². The van der Waals surface area contributed by atoms with E-state index in [1.54, 1.807) is 24.3 Å². The second-order valence-electron chi connectivity index (χ2n) is 8.06. The van der Waals surface area contributed by atoms with Crippen molar-refractivity contribution >= 4 is 11.7 Å².